The molecule has 136 valence electrons. The van der Waals surface area contributed by atoms with Gasteiger partial charge in [0.2, 0.25) is 5.13 Å². The van der Waals surface area contributed by atoms with Gasteiger partial charge in [-0.3, -0.25) is 10.1 Å². The van der Waals surface area contributed by atoms with Gasteiger partial charge in [-0.2, -0.15) is 5.10 Å². The monoisotopic (exact) mass is 369 g/mol. The molecule has 1 N–H and O–H groups in total. The molecule has 0 bridgehead atoms. The van der Waals surface area contributed by atoms with Gasteiger partial charge in [-0.05, 0) is 31.4 Å². The normalized spacial score (nSPS) is 11.1. The van der Waals surface area contributed by atoms with Crippen LogP contribution in [0.5, 0.6) is 0 Å². The summed E-state index contributed by atoms with van der Waals surface area (Å²) in [6.45, 7) is 8.25. The molecule has 2 aromatic heterocycles. The van der Waals surface area contributed by atoms with E-state index in [9.17, 15) is 4.79 Å². The quantitative estimate of drug-likeness (QED) is 0.701. The zero-order chi connectivity index (χ0) is 18.7. The molecule has 7 heteroatoms. The molecule has 1 amide bonds. The van der Waals surface area contributed by atoms with Gasteiger partial charge in [0.05, 0.1) is 23.1 Å². The molecule has 0 saturated heterocycles. The summed E-state index contributed by atoms with van der Waals surface area (Å²) in [4.78, 5) is 12.8. The summed E-state index contributed by atoms with van der Waals surface area (Å²) in [6, 6.07) is 8.10. The number of nitrogens with one attached hydrogen (secondary N) is 1. The number of carbonyl (C=O) groups excluding carboxylic acids is 1. The van der Waals surface area contributed by atoms with Crippen molar-refractivity contribution in [3.8, 4) is 5.69 Å². The minimum atomic E-state index is -0.203. The Morgan fingerprint density at radius 3 is 2.62 bits per heavy atom. The average Bonchev–Trinajstić information content (AvgIpc) is 3.23. The molecule has 26 heavy (non-hydrogen) atoms. The molecular formula is C19H23N5OS. The van der Waals surface area contributed by atoms with Gasteiger partial charge < -0.3 is 0 Å². The smallest absolute Gasteiger partial charge is 0.260 e. The van der Waals surface area contributed by atoms with Gasteiger partial charge in [-0.15, -0.1) is 10.2 Å². The van der Waals surface area contributed by atoms with Crippen LogP contribution in [0.4, 0.5) is 5.13 Å². The van der Waals surface area contributed by atoms with Gasteiger partial charge in [0.1, 0.15) is 5.01 Å². The predicted octanol–water partition coefficient (Wildman–Crippen LogP) is 4.36. The van der Waals surface area contributed by atoms with Crippen LogP contribution in [-0.4, -0.2) is 25.9 Å². The van der Waals surface area contributed by atoms with Gasteiger partial charge in [0, 0.05) is 6.42 Å². The van der Waals surface area contributed by atoms with Crippen LogP contribution in [0.25, 0.3) is 5.69 Å². The van der Waals surface area contributed by atoms with Crippen molar-refractivity contribution in [3.05, 3.63) is 52.3 Å². The number of rotatable bonds is 6. The highest BCUT2D eigenvalue weighted by Crippen LogP contribution is 2.25. The molecule has 0 spiro atoms. The van der Waals surface area contributed by atoms with E-state index < -0.39 is 0 Å². The number of hydrogen-bond acceptors (Lipinski definition) is 5. The Bertz CT molecular complexity index is 895. The molecule has 3 rings (SSSR count). The largest absolute Gasteiger partial charge is 0.296 e. The first-order valence-electron chi connectivity index (χ1n) is 8.78. The molecule has 0 aliphatic heterocycles. The highest BCUT2D eigenvalue weighted by Gasteiger charge is 2.22. The van der Waals surface area contributed by atoms with Crippen LogP contribution in [0.15, 0.2) is 30.5 Å². The van der Waals surface area contributed by atoms with Crippen LogP contribution in [0.2, 0.25) is 0 Å². The van der Waals surface area contributed by atoms with Crippen LogP contribution in [0, 0.1) is 6.92 Å². The van der Waals surface area contributed by atoms with Crippen LogP contribution in [0.3, 0.4) is 0 Å². The van der Waals surface area contributed by atoms with E-state index in [1.165, 1.54) is 16.9 Å². The van der Waals surface area contributed by atoms with E-state index in [1.807, 2.05) is 35.9 Å². The van der Waals surface area contributed by atoms with Crippen molar-refractivity contribution in [2.45, 2.75) is 46.5 Å². The van der Waals surface area contributed by atoms with E-state index in [1.54, 1.807) is 6.20 Å². The third-order valence-corrected chi connectivity index (χ3v) is 4.93. The summed E-state index contributed by atoms with van der Waals surface area (Å²) < 4.78 is 1.83. The minimum absolute atomic E-state index is 0.143. The molecule has 0 aliphatic rings. The lowest BCUT2D eigenvalue weighted by molar-refractivity contribution is 0.102. The van der Waals surface area contributed by atoms with E-state index in [4.69, 9.17) is 0 Å². The number of nitrogens with zero attached hydrogens (tertiary/aromatic N) is 4. The Kier molecular flexibility index (Phi) is 5.46. The minimum Gasteiger partial charge on any atom is -0.296 e. The Morgan fingerprint density at radius 2 is 1.96 bits per heavy atom. The lowest BCUT2D eigenvalue weighted by Gasteiger charge is -2.12. The average molecular weight is 369 g/mol. The van der Waals surface area contributed by atoms with Crippen molar-refractivity contribution in [1.82, 2.24) is 20.0 Å². The van der Waals surface area contributed by atoms with Gasteiger partial charge >= 0.3 is 0 Å². The molecule has 0 radical (unpaired) electrons. The Morgan fingerprint density at radius 1 is 1.23 bits per heavy atom. The standard InChI is InChI=1S/C19H23N5OS/c1-5-6-16-22-23-19(26-16)21-18(25)15-11-20-24(17(15)12(2)3)14-9-7-13(4)8-10-14/h7-12H,5-6H2,1-4H3,(H,21,23,25). The molecule has 3 aromatic rings. The zero-order valence-electron chi connectivity index (χ0n) is 15.5. The first-order valence-corrected chi connectivity index (χ1v) is 9.60. The second-order valence-corrected chi connectivity index (χ2v) is 7.61. The summed E-state index contributed by atoms with van der Waals surface area (Å²) in [5.41, 5.74) is 3.57. The molecule has 1 aromatic carbocycles. The summed E-state index contributed by atoms with van der Waals surface area (Å²) in [7, 11) is 0. The van der Waals surface area contributed by atoms with Gasteiger partial charge in [-0.1, -0.05) is 49.8 Å². The van der Waals surface area contributed by atoms with E-state index in [0.29, 0.717) is 10.7 Å². The summed E-state index contributed by atoms with van der Waals surface area (Å²) in [5.74, 6) is -0.0594. The fourth-order valence-electron chi connectivity index (χ4n) is 2.76. The molecule has 2 heterocycles. The Hall–Kier alpha value is -2.54. The van der Waals surface area contributed by atoms with Crippen LogP contribution in [-0.2, 0) is 6.42 Å². The van der Waals surface area contributed by atoms with Gasteiger partial charge in [0.15, 0.2) is 0 Å². The van der Waals surface area contributed by atoms with E-state index in [-0.39, 0.29) is 11.8 Å². The van der Waals surface area contributed by atoms with Gasteiger partial charge in [0.25, 0.3) is 5.91 Å². The van der Waals surface area contributed by atoms with E-state index >= 15 is 0 Å². The second kappa shape index (κ2) is 7.78. The number of carbonyl (C=O) groups is 1. The topological polar surface area (TPSA) is 72.7 Å². The first-order chi connectivity index (χ1) is 12.5. The number of benzene rings is 1. The maximum absolute atomic E-state index is 12.8. The van der Waals surface area contributed by atoms with Crippen LogP contribution >= 0.6 is 11.3 Å². The molecule has 0 fully saturated rings. The summed E-state index contributed by atoms with van der Waals surface area (Å²) >= 11 is 1.42. The predicted molar refractivity (Wildman–Crippen MR) is 104 cm³/mol. The number of amides is 1. The zero-order valence-corrected chi connectivity index (χ0v) is 16.3. The van der Waals surface area contributed by atoms with Crippen molar-refractivity contribution in [2.24, 2.45) is 0 Å². The van der Waals surface area contributed by atoms with Crippen molar-refractivity contribution in [3.63, 3.8) is 0 Å². The number of aryl methyl sites for hydroxylation is 2. The molecular weight excluding hydrogens is 346 g/mol. The lowest BCUT2D eigenvalue weighted by atomic mass is 10.0. The van der Waals surface area contributed by atoms with Crippen molar-refractivity contribution in [1.29, 1.82) is 0 Å². The van der Waals surface area contributed by atoms with E-state index in [0.717, 1.165) is 29.2 Å². The second-order valence-electron chi connectivity index (χ2n) is 6.55. The summed E-state index contributed by atoms with van der Waals surface area (Å²) in [6.07, 6.45) is 3.50. The first kappa shape index (κ1) is 18.3. The molecule has 6 nitrogen and oxygen atoms in total. The summed E-state index contributed by atoms with van der Waals surface area (Å²) in [5, 5.41) is 16.9. The third kappa shape index (κ3) is 3.83. The highest BCUT2D eigenvalue weighted by atomic mass is 32.1. The number of aromatic nitrogens is 4. The number of anilines is 1. The maximum atomic E-state index is 12.8. The fraction of sp³-hybridized carbons (Fsp3) is 0.368. The molecule has 0 atom stereocenters. The fourth-order valence-corrected chi connectivity index (χ4v) is 3.60. The van der Waals surface area contributed by atoms with Crippen molar-refractivity contribution >= 4 is 22.4 Å². The molecule has 0 saturated carbocycles. The van der Waals surface area contributed by atoms with Crippen molar-refractivity contribution < 1.29 is 4.79 Å². The lowest BCUT2D eigenvalue weighted by Crippen LogP contribution is -2.15. The SMILES string of the molecule is CCCc1nnc(NC(=O)c2cnn(-c3ccc(C)cc3)c2C(C)C)s1. The Labute approximate surface area is 157 Å². The number of hydrogen-bond donors (Lipinski definition) is 1. The van der Waals surface area contributed by atoms with Crippen molar-refractivity contribution in [2.75, 3.05) is 5.32 Å². The van der Waals surface area contributed by atoms with E-state index in [2.05, 4.69) is 41.4 Å². The van der Waals surface area contributed by atoms with Crippen LogP contribution < -0.4 is 5.32 Å². The van der Waals surface area contributed by atoms with Crippen LogP contribution in [0.1, 0.15) is 59.7 Å². The Balaban J connectivity index is 1.89. The third-order valence-electron chi connectivity index (χ3n) is 4.03. The highest BCUT2D eigenvalue weighted by molar-refractivity contribution is 7.15. The molecule has 0 aliphatic carbocycles. The van der Waals surface area contributed by atoms with Gasteiger partial charge in [-0.25, -0.2) is 4.68 Å². The maximum Gasteiger partial charge on any atom is 0.260 e. The molecule has 0 unspecified atom stereocenters.